The van der Waals surface area contributed by atoms with E-state index in [0.717, 1.165) is 36.8 Å². The van der Waals surface area contributed by atoms with E-state index in [9.17, 15) is 9.59 Å². The van der Waals surface area contributed by atoms with Crippen molar-refractivity contribution < 1.29 is 14.3 Å². The quantitative estimate of drug-likeness (QED) is 0.828. The molecule has 6 nitrogen and oxygen atoms in total. The Kier molecular flexibility index (Phi) is 5.71. The van der Waals surface area contributed by atoms with Crippen LogP contribution in [0.25, 0.3) is 0 Å². The number of amides is 1. The zero-order chi connectivity index (χ0) is 18.5. The van der Waals surface area contributed by atoms with E-state index in [1.54, 1.807) is 6.92 Å². The summed E-state index contributed by atoms with van der Waals surface area (Å²) in [6.45, 7) is 1.58. The monoisotopic (exact) mass is 355 g/mol. The van der Waals surface area contributed by atoms with E-state index in [0.29, 0.717) is 12.2 Å². The second-order valence-electron chi connectivity index (χ2n) is 6.82. The Balaban J connectivity index is 1.49. The minimum Gasteiger partial charge on any atom is -0.484 e. The number of benzene rings is 1. The number of hydrogen-bond donors (Lipinski definition) is 1. The lowest BCUT2D eigenvalue weighted by Gasteiger charge is -2.23. The SMILES string of the molecule is CC(=O)CCc1ccc(OCC(=O)NC2CCCc3c2cnn3C)cc1. The van der Waals surface area contributed by atoms with E-state index >= 15 is 0 Å². The molecule has 0 spiro atoms. The van der Waals surface area contributed by atoms with Crippen LogP contribution >= 0.6 is 0 Å². The number of ether oxygens (including phenoxy) is 1. The van der Waals surface area contributed by atoms with Gasteiger partial charge in [-0.15, -0.1) is 0 Å². The molecule has 0 fully saturated rings. The Hall–Kier alpha value is -2.63. The van der Waals surface area contributed by atoms with E-state index in [2.05, 4.69) is 10.4 Å². The van der Waals surface area contributed by atoms with Crippen molar-refractivity contribution in [3.05, 3.63) is 47.3 Å². The van der Waals surface area contributed by atoms with Crippen molar-refractivity contribution in [3.63, 3.8) is 0 Å². The summed E-state index contributed by atoms with van der Waals surface area (Å²) in [5.74, 6) is 0.700. The third kappa shape index (κ3) is 4.50. The normalized spacial score (nSPS) is 16.0. The summed E-state index contributed by atoms with van der Waals surface area (Å²) in [5, 5.41) is 7.34. The van der Waals surface area contributed by atoms with Gasteiger partial charge in [-0.05, 0) is 50.3 Å². The molecule has 0 saturated heterocycles. The van der Waals surface area contributed by atoms with Gasteiger partial charge in [0.2, 0.25) is 0 Å². The van der Waals surface area contributed by atoms with E-state index in [4.69, 9.17) is 4.74 Å². The first-order valence-corrected chi connectivity index (χ1v) is 9.04. The first-order chi connectivity index (χ1) is 12.5. The highest BCUT2D eigenvalue weighted by Gasteiger charge is 2.24. The maximum Gasteiger partial charge on any atom is 0.258 e. The van der Waals surface area contributed by atoms with Crippen LogP contribution in [0.3, 0.4) is 0 Å². The molecule has 6 heteroatoms. The van der Waals surface area contributed by atoms with Crippen molar-refractivity contribution in [1.82, 2.24) is 15.1 Å². The molecule has 138 valence electrons. The summed E-state index contributed by atoms with van der Waals surface area (Å²) < 4.78 is 7.47. The largest absolute Gasteiger partial charge is 0.484 e. The lowest BCUT2D eigenvalue weighted by molar-refractivity contribution is -0.124. The summed E-state index contributed by atoms with van der Waals surface area (Å²) >= 11 is 0. The molecule has 0 aliphatic heterocycles. The molecule has 1 heterocycles. The maximum atomic E-state index is 12.2. The third-order valence-corrected chi connectivity index (χ3v) is 4.77. The molecule has 1 aromatic carbocycles. The summed E-state index contributed by atoms with van der Waals surface area (Å²) in [6.07, 6.45) is 6.09. The molecule has 0 radical (unpaired) electrons. The minimum atomic E-state index is -0.132. The topological polar surface area (TPSA) is 73.2 Å². The summed E-state index contributed by atoms with van der Waals surface area (Å²) in [4.78, 5) is 23.3. The molecule has 1 aliphatic carbocycles. The zero-order valence-corrected chi connectivity index (χ0v) is 15.3. The molecule has 0 saturated carbocycles. The Morgan fingerprint density at radius 1 is 1.31 bits per heavy atom. The zero-order valence-electron chi connectivity index (χ0n) is 15.3. The molecule has 0 bridgehead atoms. The number of carbonyl (C=O) groups is 2. The third-order valence-electron chi connectivity index (χ3n) is 4.77. The number of carbonyl (C=O) groups excluding carboxylic acids is 2. The van der Waals surface area contributed by atoms with Gasteiger partial charge in [-0.1, -0.05) is 12.1 Å². The lowest BCUT2D eigenvalue weighted by Crippen LogP contribution is -2.34. The predicted molar refractivity (Wildman–Crippen MR) is 98.0 cm³/mol. The highest BCUT2D eigenvalue weighted by Crippen LogP contribution is 2.29. The van der Waals surface area contributed by atoms with Gasteiger partial charge >= 0.3 is 0 Å². The number of hydrogen-bond acceptors (Lipinski definition) is 4. The number of rotatable bonds is 7. The molecule has 3 rings (SSSR count). The second-order valence-corrected chi connectivity index (χ2v) is 6.82. The molecule has 2 aromatic rings. The fourth-order valence-electron chi connectivity index (χ4n) is 3.31. The number of aromatic nitrogens is 2. The van der Waals surface area contributed by atoms with Crippen LogP contribution in [-0.2, 0) is 29.5 Å². The molecule has 1 amide bonds. The number of ketones is 1. The second kappa shape index (κ2) is 8.17. The first kappa shape index (κ1) is 18.2. The van der Waals surface area contributed by atoms with Crippen LogP contribution in [0.1, 0.15) is 49.0 Å². The summed E-state index contributed by atoms with van der Waals surface area (Å²) in [6, 6.07) is 7.54. The number of nitrogens with one attached hydrogen (secondary N) is 1. The molecular weight excluding hydrogens is 330 g/mol. The predicted octanol–water partition coefficient (Wildman–Crippen LogP) is 2.51. The number of Topliss-reactive ketones (excluding diaryl/α,β-unsaturated/α-hetero) is 1. The average Bonchev–Trinajstić information content (AvgIpc) is 3.01. The van der Waals surface area contributed by atoms with Crippen LogP contribution in [0.15, 0.2) is 30.5 Å². The van der Waals surface area contributed by atoms with E-state index in [1.165, 1.54) is 5.69 Å². The van der Waals surface area contributed by atoms with Crippen LogP contribution in [0.2, 0.25) is 0 Å². The van der Waals surface area contributed by atoms with Gasteiger partial charge in [-0.25, -0.2) is 0 Å². The minimum absolute atomic E-state index is 0.0116. The van der Waals surface area contributed by atoms with E-state index < -0.39 is 0 Å². The van der Waals surface area contributed by atoms with Crippen LogP contribution in [-0.4, -0.2) is 28.1 Å². The van der Waals surface area contributed by atoms with Gasteiger partial charge in [0.05, 0.1) is 12.2 Å². The number of nitrogens with zero attached hydrogens (tertiary/aromatic N) is 2. The molecule has 1 aliphatic rings. The van der Waals surface area contributed by atoms with Gasteiger partial charge in [0, 0.05) is 24.7 Å². The highest BCUT2D eigenvalue weighted by molar-refractivity contribution is 5.78. The molecule has 26 heavy (non-hydrogen) atoms. The highest BCUT2D eigenvalue weighted by atomic mass is 16.5. The summed E-state index contributed by atoms with van der Waals surface area (Å²) in [7, 11) is 1.94. The summed E-state index contributed by atoms with van der Waals surface area (Å²) in [5.41, 5.74) is 3.40. The fourth-order valence-corrected chi connectivity index (χ4v) is 3.31. The Labute approximate surface area is 153 Å². The first-order valence-electron chi connectivity index (χ1n) is 9.04. The molecule has 1 aromatic heterocycles. The van der Waals surface area contributed by atoms with Crippen LogP contribution < -0.4 is 10.1 Å². The van der Waals surface area contributed by atoms with Crippen molar-refractivity contribution >= 4 is 11.7 Å². The standard InChI is InChI=1S/C20H25N3O3/c1-14(24)6-7-15-8-10-16(11-9-15)26-13-20(25)22-18-4-3-5-19-17(18)12-21-23(19)2/h8-12,18H,3-7,13H2,1-2H3,(H,22,25). The number of aryl methyl sites for hydroxylation is 2. The Morgan fingerprint density at radius 3 is 2.81 bits per heavy atom. The van der Waals surface area contributed by atoms with E-state index in [-0.39, 0.29) is 24.3 Å². The molecule has 1 atom stereocenters. The van der Waals surface area contributed by atoms with Crippen LogP contribution in [0.4, 0.5) is 0 Å². The Morgan fingerprint density at radius 2 is 2.08 bits per heavy atom. The van der Waals surface area contributed by atoms with Gasteiger partial charge in [-0.2, -0.15) is 5.10 Å². The van der Waals surface area contributed by atoms with Crippen LogP contribution in [0, 0.1) is 0 Å². The van der Waals surface area contributed by atoms with Gasteiger partial charge in [0.25, 0.3) is 5.91 Å². The van der Waals surface area contributed by atoms with Crippen LogP contribution in [0.5, 0.6) is 5.75 Å². The number of fused-ring (bicyclic) bond motifs is 1. The van der Waals surface area contributed by atoms with Crippen molar-refractivity contribution in [2.24, 2.45) is 7.05 Å². The lowest BCUT2D eigenvalue weighted by atomic mass is 9.93. The van der Waals surface area contributed by atoms with Gasteiger partial charge in [0.1, 0.15) is 11.5 Å². The smallest absolute Gasteiger partial charge is 0.258 e. The van der Waals surface area contributed by atoms with Crippen molar-refractivity contribution in [3.8, 4) is 5.75 Å². The molecule has 1 N–H and O–H groups in total. The van der Waals surface area contributed by atoms with Crippen molar-refractivity contribution in [2.45, 2.75) is 45.1 Å². The van der Waals surface area contributed by atoms with Crippen molar-refractivity contribution in [2.75, 3.05) is 6.61 Å². The van der Waals surface area contributed by atoms with Gasteiger partial charge < -0.3 is 14.8 Å². The Bertz CT molecular complexity index is 780. The maximum absolute atomic E-state index is 12.2. The molecular formula is C20H25N3O3. The van der Waals surface area contributed by atoms with Gasteiger partial charge in [-0.3, -0.25) is 9.48 Å². The fraction of sp³-hybridized carbons (Fsp3) is 0.450. The van der Waals surface area contributed by atoms with Gasteiger partial charge in [0.15, 0.2) is 6.61 Å². The molecule has 1 unspecified atom stereocenters. The average molecular weight is 355 g/mol. The van der Waals surface area contributed by atoms with Crippen molar-refractivity contribution in [1.29, 1.82) is 0 Å². The van der Waals surface area contributed by atoms with E-state index in [1.807, 2.05) is 42.2 Å².